The fourth-order valence-corrected chi connectivity index (χ4v) is 3.88. The predicted octanol–water partition coefficient (Wildman–Crippen LogP) is 1.31. The number of nitrogens with one attached hydrogen (secondary N) is 2. The average Bonchev–Trinajstić information content (AvgIpc) is 2.79. The fourth-order valence-electron chi connectivity index (χ4n) is 2.31. The minimum atomic E-state index is -3.44. The van der Waals surface area contributed by atoms with Crippen LogP contribution in [0.15, 0.2) is 17.2 Å². The first-order chi connectivity index (χ1) is 9.89. The van der Waals surface area contributed by atoms with Crippen LogP contribution in [0.2, 0.25) is 0 Å². The van der Waals surface area contributed by atoms with Crippen molar-refractivity contribution in [2.75, 3.05) is 19.7 Å². The third kappa shape index (κ3) is 4.29. The standard InChI is InChI=1S/C14H25N3O3S/c1-11(2)15-8-13-7-14(9-16-13)21(18,19)17-5-4-6-20-12(3)10-17/h7,9,11-12,15-16H,4-6,8,10H2,1-3H3. The fraction of sp³-hybridized carbons (Fsp3) is 0.714. The molecule has 0 radical (unpaired) electrons. The van der Waals surface area contributed by atoms with E-state index in [0.717, 1.165) is 12.1 Å². The molecule has 1 aliphatic rings. The highest BCUT2D eigenvalue weighted by atomic mass is 32.2. The zero-order valence-corrected chi connectivity index (χ0v) is 13.7. The molecule has 120 valence electrons. The van der Waals surface area contributed by atoms with Gasteiger partial charge in [-0.2, -0.15) is 4.31 Å². The van der Waals surface area contributed by atoms with Crippen molar-refractivity contribution >= 4 is 10.0 Å². The number of aromatic amines is 1. The quantitative estimate of drug-likeness (QED) is 0.859. The van der Waals surface area contributed by atoms with Crippen molar-refractivity contribution in [2.45, 2.75) is 50.8 Å². The SMILES string of the molecule is CC(C)NCc1cc(S(=O)(=O)N2CCCOC(C)C2)c[nH]1. The Hall–Kier alpha value is -0.890. The number of hydrogen-bond donors (Lipinski definition) is 2. The van der Waals surface area contributed by atoms with Crippen LogP contribution in [0.3, 0.4) is 0 Å². The second-order valence-corrected chi connectivity index (χ2v) is 7.73. The van der Waals surface area contributed by atoms with Gasteiger partial charge in [0.15, 0.2) is 0 Å². The van der Waals surface area contributed by atoms with E-state index < -0.39 is 10.0 Å². The third-order valence-corrected chi connectivity index (χ3v) is 5.31. The maximum atomic E-state index is 12.7. The van der Waals surface area contributed by atoms with E-state index in [1.54, 1.807) is 12.3 Å². The number of H-pyrrole nitrogens is 1. The summed E-state index contributed by atoms with van der Waals surface area (Å²) < 4.78 is 32.4. The van der Waals surface area contributed by atoms with Crippen molar-refractivity contribution in [3.05, 3.63) is 18.0 Å². The molecule has 1 fully saturated rings. The molecule has 0 spiro atoms. The molecule has 1 unspecified atom stereocenters. The van der Waals surface area contributed by atoms with Gasteiger partial charge < -0.3 is 15.0 Å². The summed E-state index contributed by atoms with van der Waals surface area (Å²) in [6, 6.07) is 2.07. The average molecular weight is 315 g/mol. The Morgan fingerprint density at radius 2 is 2.29 bits per heavy atom. The van der Waals surface area contributed by atoms with E-state index in [1.807, 2.05) is 6.92 Å². The Bertz CT molecular complexity index is 554. The van der Waals surface area contributed by atoms with Crippen LogP contribution in [0.4, 0.5) is 0 Å². The topological polar surface area (TPSA) is 74.4 Å². The van der Waals surface area contributed by atoms with Crippen molar-refractivity contribution in [3.63, 3.8) is 0 Å². The van der Waals surface area contributed by atoms with Gasteiger partial charge in [0.05, 0.1) is 11.0 Å². The molecule has 0 aromatic carbocycles. The van der Waals surface area contributed by atoms with E-state index in [2.05, 4.69) is 24.1 Å². The Labute approximate surface area is 126 Å². The zero-order chi connectivity index (χ0) is 15.5. The predicted molar refractivity (Wildman–Crippen MR) is 81.6 cm³/mol. The zero-order valence-electron chi connectivity index (χ0n) is 12.9. The van der Waals surface area contributed by atoms with E-state index in [-0.39, 0.29) is 6.10 Å². The van der Waals surface area contributed by atoms with E-state index in [1.165, 1.54) is 4.31 Å². The number of sulfonamides is 1. The lowest BCUT2D eigenvalue weighted by molar-refractivity contribution is 0.0752. The van der Waals surface area contributed by atoms with Crippen molar-refractivity contribution in [2.24, 2.45) is 0 Å². The van der Waals surface area contributed by atoms with Crippen LogP contribution in [0.25, 0.3) is 0 Å². The Morgan fingerprint density at radius 3 is 3.00 bits per heavy atom. The lowest BCUT2D eigenvalue weighted by Gasteiger charge is -2.20. The van der Waals surface area contributed by atoms with Crippen molar-refractivity contribution in [1.82, 2.24) is 14.6 Å². The van der Waals surface area contributed by atoms with Crippen LogP contribution in [-0.2, 0) is 21.3 Å². The number of nitrogens with zero attached hydrogens (tertiary/aromatic N) is 1. The molecular formula is C14H25N3O3S. The van der Waals surface area contributed by atoms with Gasteiger partial charge in [0.25, 0.3) is 0 Å². The molecule has 6 nitrogen and oxygen atoms in total. The summed E-state index contributed by atoms with van der Waals surface area (Å²) in [6.45, 7) is 8.18. The largest absolute Gasteiger partial charge is 0.377 e. The van der Waals surface area contributed by atoms with Gasteiger partial charge >= 0.3 is 0 Å². The molecule has 2 N–H and O–H groups in total. The van der Waals surface area contributed by atoms with Gasteiger partial charge in [-0.3, -0.25) is 0 Å². The molecule has 1 atom stereocenters. The molecule has 1 aromatic heterocycles. The van der Waals surface area contributed by atoms with Crippen LogP contribution >= 0.6 is 0 Å². The van der Waals surface area contributed by atoms with Crippen molar-refractivity contribution < 1.29 is 13.2 Å². The first kappa shape index (κ1) is 16.5. The number of aromatic nitrogens is 1. The lowest BCUT2D eigenvalue weighted by Crippen LogP contribution is -2.35. The van der Waals surface area contributed by atoms with Crippen LogP contribution < -0.4 is 5.32 Å². The molecular weight excluding hydrogens is 290 g/mol. The van der Waals surface area contributed by atoms with E-state index in [4.69, 9.17) is 4.74 Å². The van der Waals surface area contributed by atoms with Crippen LogP contribution in [-0.4, -0.2) is 49.5 Å². The molecule has 0 saturated carbocycles. The Morgan fingerprint density at radius 1 is 1.52 bits per heavy atom. The normalized spacial score (nSPS) is 21.6. The Balaban J connectivity index is 2.11. The number of ether oxygens (including phenoxy) is 1. The molecule has 1 aliphatic heterocycles. The summed E-state index contributed by atoms with van der Waals surface area (Å²) in [5.74, 6) is 0. The Kier molecular flexibility index (Phi) is 5.43. The van der Waals surface area contributed by atoms with Gasteiger partial charge in [-0.05, 0) is 19.4 Å². The van der Waals surface area contributed by atoms with Gasteiger partial charge in [-0.1, -0.05) is 13.8 Å². The van der Waals surface area contributed by atoms with Gasteiger partial charge in [0.2, 0.25) is 10.0 Å². The second kappa shape index (κ2) is 6.91. The summed E-state index contributed by atoms with van der Waals surface area (Å²) in [5.41, 5.74) is 0.876. The minimum absolute atomic E-state index is 0.0664. The van der Waals surface area contributed by atoms with E-state index in [9.17, 15) is 8.42 Å². The van der Waals surface area contributed by atoms with Crippen molar-refractivity contribution in [3.8, 4) is 0 Å². The van der Waals surface area contributed by atoms with E-state index in [0.29, 0.717) is 37.2 Å². The van der Waals surface area contributed by atoms with Gasteiger partial charge in [0, 0.05) is 44.2 Å². The maximum absolute atomic E-state index is 12.7. The van der Waals surface area contributed by atoms with Crippen LogP contribution in [0.1, 0.15) is 32.9 Å². The second-order valence-electron chi connectivity index (χ2n) is 5.79. The molecule has 1 saturated heterocycles. The molecule has 7 heteroatoms. The van der Waals surface area contributed by atoms with Crippen molar-refractivity contribution in [1.29, 1.82) is 0 Å². The highest BCUT2D eigenvalue weighted by Gasteiger charge is 2.28. The van der Waals surface area contributed by atoms with E-state index >= 15 is 0 Å². The first-order valence-electron chi connectivity index (χ1n) is 7.42. The maximum Gasteiger partial charge on any atom is 0.244 e. The molecule has 21 heavy (non-hydrogen) atoms. The number of rotatable bonds is 5. The highest BCUT2D eigenvalue weighted by molar-refractivity contribution is 7.89. The molecule has 0 bridgehead atoms. The molecule has 2 heterocycles. The lowest BCUT2D eigenvalue weighted by atomic mass is 10.3. The smallest absolute Gasteiger partial charge is 0.244 e. The summed E-state index contributed by atoms with van der Waals surface area (Å²) in [5, 5.41) is 3.26. The van der Waals surface area contributed by atoms with Crippen LogP contribution in [0.5, 0.6) is 0 Å². The monoisotopic (exact) mass is 315 g/mol. The summed E-state index contributed by atoms with van der Waals surface area (Å²) in [6.07, 6.45) is 2.24. The summed E-state index contributed by atoms with van der Waals surface area (Å²) >= 11 is 0. The van der Waals surface area contributed by atoms with Crippen LogP contribution in [0, 0.1) is 0 Å². The molecule has 0 amide bonds. The number of hydrogen-bond acceptors (Lipinski definition) is 4. The highest BCUT2D eigenvalue weighted by Crippen LogP contribution is 2.19. The molecule has 1 aromatic rings. The molecule has 2 rings (SSSR count). The van der Waals surface area contributed by atoms with Gasteiger partial charge in [0.1, 0.15) is 0 Å². The van der Waals surface area contributed by atoms with Gasteiger partial charge in [-0.25, -0.2) is 8.42 Å². The molecule has 0 aliphatic carbocycles. The first-order valence-corrected chi connectivity index (χ1v) is 8.86. The van der Waals surface area contributed by atoms with Gasteiger partial charge in [-0.15, -0.1) is 0 Å². The summed E-state index contributed by atoms with van der Waals surface area (Å²) in [4.78, 5) is 3.36. The summed E-state index contributed by atoms with van der Waals surface area (Å²) in [7, 11) is -3.44. The third-order valence-electron chi connectivity index (χ3n) is 3.47. The minimum Gasteiger partial charge on any atom is -0.377 e.